The predicted molar refractivity (Wildman–Crippen MR) is 97.3 cm³/mol. The van der Waals surface area contributed by atoms with Gasteiger partial charge in [0.2, 0.25) is 0 Å². The number of benzene rings is 1. The Kier molecular flexibility index (Phi) is 7.03. The summed E-state index contributed by atoms with van der Waals surface area (Å²) in [5.74, 6) is -1.82. The van der Waals surface area contributed by atoms with E-state index >= 15 is 0 Å². The molecule has 1 heterocycles. The molecule has 0 aliphatic rings. The monoisotopic (exact) mass is 411 g/mol. The summed E-state index contributed by atoms with van der Waals surface area (Å²) in [5, 5.41) is 3.13. The minimum absolute atomic E-state index is 0.257. The van der Waals surface area contributed by atoms with Gasteiger partial charge in [-0.25, -0.2) is 9.59 Å². The van der Waals surface area contributed by atoms with Gasteiger partial charge in [-0.1, -0.05) is 30.3 Å². The van der Waals surface area contributed by atoms with E-state index in [1.807, 2.05) is 41.8 Å². The number of amides is 3. The Hall–Kier alpha value is -3.30. The standard InChI is InChI=1S/C19H20F3N3O4/c1-12-8-15(13(2)25(12)9-14-6-4-3-5-7-14)17(27)29-10-16(26)24-18(28)23-11-19(20,21)22/h3-8H,9-11H2,1-2H3,(H2,23,24,26,28). The van der Waals surface area contributed by atoms with Gasteiger partial charge >= 0.3 is 18.2 Å². The summed E-state index contributed by atoms with van der Waals surface area (Å²) in [5.41, 5.74) is 2.75. The number of ether oxygens (including phenoxy) is 1. The third-order valence-electron chi connectivity index (χ3n) is 4.01. The maximum Gasteiger partial charge on any atom is 0.405 e. The highest BCUT2D eigenvalue weighted by Gasteiger charge is 2.28. The molecule has 2 rings (SSSR count). The van der Waals surface area contributed by atoms with Gasteiger partial charge in [0, 0.05) is 17.9 Å². The van der Waals surface area contributed by atoms with Gasteiger partial charge in [0.1, 0.15) is 6.54 Å². The van der Waals surface area contributed by atoms with Crippen LogP contribution in [0, 0.1) is 13.8 Å². The number of rotatable bonds is 6. The van der Waals surface area contributed by atoms with E-state index in [0.717, 1.165) is 11.3 Å². The molecule has 2 aromatic rings. The first-order valence-electron chi connectivity index (χ1n) is 8.59. The number of hydrogen-bond donors (Lipinski definition) is 2. The number of carbonyl (C=O) groups is 3. The van der Waals surface area contributed by atoms with E-state index < -0.39 is 37.2 Å². The van der Waals surface area contributed by atoms with Crippen LogP contribution in [-0.4, -0.2) is 41.8 Å². The molecule has 0 saturated heterocycles. The lowest BCUT2D eigenvalue weighted by atomic mass is 10.2. The lowest BCUT2D eigenvalue weighted by molar-refractivity contribution is -0.125. The summed E-state index contributed by atoms with van der Waals surface area (Å²) in [6.45, 7) is 1.72. The quantitative estimate of drug-likeness (QED) is 0.716. The van der Waals surface area contributed by atoms with E-state index in [1.165, 1.54) is 5.32 Å². The zero-order valence-corrected chi connectivity index (χ0v) is 15.8. The second kappa shape index (κ2) is 9.26. The molecule has 0 fully saturated rings. The van der Waals surface area contributed by atoms with Crippen molar-refractivity contribution < 1.29 is 32.3 Å². The largest absolute Gasteiger partial charge is 0.452 e. The number of halogens is 3. The molecular formula is C19H20F3N3O4. The molecule has 0 bridgehead atoms. The molecular weight excluding hydrogens is 391 g/mol. The van der Waals surface area contributed by atoms with Crippen molar-refractivity contribution in [1.29, 1.82) is 0 Å². The van der Waals surface area contributed by atoms with Gasteiger partial charge in [-0.3, -0.25) is 10.1 Å². The highest BCUT2D eigenvalue weighted by molar-refractivity contribution is 5.97. The van der Waals surface area contributed by atoms with Crippen LogP contribution in [0.25, 0.3) is 0 Å². The molecule has 1 aromatic heterocycles. The number of aromatic nitrogens is 1. The van der Waals surface area contributed by atoms with Crippen LogP contribution in [0.4, 0.5) is 18.0 Å². The maximum absolute atomic E-state index is 12.3. The van der Waals surface area contributed by atoms with Gasteiger partial charge < -0.3 is 14.6 Å². The van der Waals surface area contributed by atoms with Gasteiger partial charge in [0.15, 0.2) is 6.61 Å². The smallest absolute Gasteiger partial charge is 0.405 e. The summed E-state index contributed by atoms with van der Waals surface area (Å²) < 4.78 is 42.8. The summed E-state index contributed by atoms with van der Waals surface area (Å²) in [6.07, 6.45) is -4.60. The third-order valence-corrected chi connectivity index (χ3v) is 4.01. The van der Waals surface area contributed by atoms with E-state index in [2.05, 4.69) is 0 Å². The number of esters is 1. The van der Waals surface area contributed by atoms with Crippen LogP contribution in [-0.2, 0) is 16.1 Å². The van der Waals surface area contributed by atoms with Gasteiger partial charge in [-0.2, -0.15) is 13.2 Å². The van der Waals surface area contributed by atoms with Crippen molar-refractivity contribution in [2.45, 2.75) is 26.6 Å². The van der Waals surface area contributed by atoms with E-state index in [0.29, 0.717) is 12.2 Å². The van der Waals surface area contributed by atoms with Crippen molar-refractivity contribution in [3.8, 4) is 0 Å². The van der Waals surface area contributed by atoms with Crippen LogP contribution in [0.5, 0.6) is 0 Å². The SMILES string of the molecule is Cc1cc(C(=O)OCC(=O)NC(=O)NCC(F)(F)F)c(C)n1Cc1ccccc1. The molecule has 2 N–H and O–H groups in total. The molecule has 0 aliphatic heterocycles. The minimum atomic E-state index is -4.60. The number of imide groups is 1. The number of nitrogens with zero attached hydrogens (tertiary/aromatic N) is 1. The van der Waals surface area contributed by atoms with Crippen molar-refractivity contribution in [1.82, 2.24) is 15.2 Å². The van der Waals surface area contributed by atoms with Crippen LogP contribution in [0.15, 0.2) is 36.4 Å². The molecule has 3 amide bonds. The minimum Gasteiger partial charge on any atom is -0.452 e. The third kappa shape index (κ3) is 6.66. The fourth-order valence-electron chi connectivity index (χ4n) is 2.61. The zero-order chi connectivity index (χ0) is 21.6. The molecule has 10 heteroatoms. The lowest BCUT2D eigenvalue weighted by Gasteiger charge is -2.10. The van der Waals surface area contributed by atoms with Crippen molar-refractivity contribution in [3.63, 3.8) is 0 Å². The van der Waals surface area contributed by atoms with Crippen molar-refractivity contribution in [2.24, 2.45) is 0 Å². The van der Waals surface area contributed by atoms with Crippen molar-refractivity contribution in [3.05, 3.63) is 58.9 Å². The predicted octanol–water partition coefficient (Wildman–Crippen LogP) is 2.70. The Bertz CT molecular complexity index is 892. The second-order valence-electron chi connectivity index (χ2n) is 6.28. The van der Waals surface area contributed by atoms with Crippen LogP contribution >= 0.6 is 0 Å². The molecule has 29 heavy (non-hydrogen) atoms. The number of urea groups is 1. The molecule has 7 nitrogen and oxygen atoms in total. The second-order valence-corrected chi connectivity index (χ2v) is 6.28. The molecule has 1 aromatic carbocycles. The molecule has 0 unspecified atom stereocenters. The zero-order valence-electron chi connectivity index (χ0n) is 15.8. The van der Waals surface area contributed by atoms with E-state index in [9.17, 15) is 27.6 Å². The van der Waals surface area contributed by atoms with E-state index in [4.69, 9.17) is 4.74 Å². The first-order chi connectivity index (χ1) is 13.6. The molecule has 0 saturated carbocycles. The Morgan fingerprint density at radius 3 is 2.38 bits per heavy atom. The van der Waals surface area contributed by atoms with Crippen LogP contribution in [0.3, 0.4) is 0 Å². The van der Waals surface area contributed by atoms with Gasteiger partial charge in [-0.15, -0.1) is 0 Å². The summed E-state index contributed by atoms with van der Waals surface area (Å²) in [7, 11) is 0. The molecule has 0 atom stereocenters. The fourth-order valence-corrected chi connectivity index (χ4v) is 2.61. The topological polar surface area (TPSA) is 89.4 Å². The first-order valence-corrected chi connectivity index (χ1v) is 8.59. The van der Waals surface area contributed by atoms with Gasteiger partial charge in [-0.05, 0) is 25.5 Å². The average molecular weight is 411 g/mol. The number of hydrogen-bond acceptors (Lipinski definition) is 4. The highest BCUT2D eigenvalue weighted by atomic mass is 19.4. The van der Waals surface area contributed by atoms with Crippen LogP contribution < -0.4 is 10.6 Å². The normalized spacial score (nSPS) is 11.1. The fraction of sp³-hybridized carbons (Fsp3) is 0.316. The summed E-state index contributed by atoms with van der Waals surface area (Å²) in [4.78, 5) is 35.0. The van der Waals surface area contributed by atoms with Crippen LogP contribution in [0.1, 0.15) is 27.3 Å². The van der Waals surface area contributed by atoms with Crippen LogP contribution in [0.2, 0.25) is 0 Å². The van der Waals surface area contributed by atoms with Gasteiger partial charge in [0.05, 0.1) is 5.56 Å². The van der Waals surface area contributed by atoms with E-state index in [1.54, 1.807) is 18.3 Å². The summed E-state index contributed by atoms with van der Waals surface area (Å²) in [6, 6.07) is 9.90. The first kappa shape index (κ1) is 22.0. The molecule has 0 radical (unpaired) electrons. The maximum atomic E-state index is 12.3. The van der Waals surface area contributed by atoms with Gasteiger partial charge in [0.25, 0.3) is 5.91 Å². The van der Waals surface area contributed by atoms with E-state index in [-0.39, 0.29) is 5.56 Å². The number of aryl methyl sites for hydroxylation is 1. The number of alkyl halides is 3. The highest BCUT2D eigenvalue weighted by Crippen LogP contribution is 2.18. The Morgan fingerprint density at radius 1 is 1.10 bits per heavy atom. The number of nitrogens with one attached hydrogen (secondary N) is 2. The van der Waals surface area contributed by atoms with Crippen molar-refractivity contribution >= 4 is 17.9 Å². The van der Waals surface area contributed by atoms with Crippen molar-refractivity contribution in [2.75, 3.05) is 13.2 Å². The Morgan fingerprint density at radius 2 is 1.76 bits per heavy atom. The summed E-state index contributed by atoms with van der Waals surface area (Å²) >= 11 is 0. The Labute approximate surface area is 164 Å². The molecule has 0 aliphatic carbocycles. The average Bonchev–Trinajstić information content (AvgIpc) is 2.93. The lowest BCUT2D eigenvalue weighted by Crippen LogP contribution is -2.44. The molecule has 0 spiro atoms. The number of carbonyl (C=O) groups excluding carboxylic acids is 3. The Balaban J connectivity index is 1.91. The molecule has 156 valence electrons.